The second kappa shape index (κ2) is 9.06. The Bertz CT molecular complexity index is 387. The van der Waals surface area contributed by atoms with E-state index in [-0.39, 0.29) is 11.7 Å². The lowest BCUT2D eigenvalue weighted by atomic mass is 10.4. The third-order valence-electron chi connectivity index (χ3n) is 2.49. The van der Waals surface area contributed by atoms with Gasteiger partial charge < -0.3 is 13.8 Å². The Hall–Kier alpha value is -0.920. The highest BCUT2D eigenvalue weighted by molar-refractivity contribution is 7.85. The highest BCUT2D eigenvalue weighted by Crippen LogP contribution is 1.97. The van der Waals surface area contributed by atoms with E-state index < -0.39 is 10.1 Å². The van der Waals surface area contributed by atoms with Gasteiger partial charge in [-0.3, -0.25) is 0 Å². The number of nitrogens with zero attached hydrogens (tertiary/aromatic N) is 1. The highest BCUT2D eigenvalue weighted by atomic mass is 32.2. The van der Waals surface area contributed by atoms with Crippen molar-refractivity contribution in [2.45, 2.75) is 20.8 Å². The Morgan fingerprint density at radius 3 is 2.00 bits per heavy atom. The first-order chi connectivity index (χ1) is 8.45. The molecule has 0 aliphatic rings. The van der Waals surface area contributed by atoms with Crippen molar-refractivity contribution in [2.24, 2.45) is 0 Å². The van der Waals surface area contributed by atoms with E-state index >= 15 is 0 Å². The van der Waals surface area contributed by atoms with Crippen LogP contribution in [0.15, 0.2) is 12.2 Å². The number of carbonyl (C=O) groups is 1. The molecule has 0 atom stereocenters. The maximum absolute atomic E-state index is 11.0. The Morgan fingerprint density at radius 2 is 1.74 bits per heavy atom. The summed E-state index contributed by atoms with van der Waals surface area (Å²) in [6.45, 7) is 10.9. The molecular weight excluding hydrogens is 270 g/mol. The van der Waals surface area contributed by atoms with E-state index in [9.17, 15) is 17.8 Å². The fourth-order valence-corrected chi connectivity index (χ4v) is 0.667. The van der Waals surface area contributed by atoms with E-state index in [1.54, 1.807) is 6.92 Å². The summed E-state index contributed by atoms with van der Waals surface area (Å²) in [5, 5.41) is 0. The molecule has 0 rings (SSSR count). The van der Waals surface area contributed by atoms with Gasteiger partial charge in [-0.25, -0.2) is 13.2 Å². The SMILES string of the molecule is C=C(C)C(=O)OCC[N+](C)(C)CC.CCS(=O)(=O)[O-]. The first-order valence-electron chi connectivity index (χ1n) is 6.03. The molecule has 0 fully saturated rings. The van der Waals surface area contributed by atoms with Crippen LogP contribution in [0.5, 0.6) is 0 Å². The quantitative estimate of drug-likeness (QED) is 0.312. The van der Waals surface area contributed by atoms with Crippen molar-refractivity contribution >= 4 is 16.1 Å². The molecule has 0 unspecified atom stereocenters. The third kappa shape index (κ3) is 15.0. The molecule has 0 aromatic rings. The standard InChI is InChI=1S/C10H20NO2.C2H6O3S/c1-6-11(4,5)7-8-13-10(12)9(2)3;1-2-6(3,4)5/h2,6-8H2,1,3-5H3;2H2,1H3,(H,3,4,5)/q+1;/p-1. The minimum atomic E-state index is -3.91. The normalized spacial score (nSPS) is 11.3. The molecule has 0 aliphatic carbocycles. The monoisotopic (exact) mass is 295 g/mol. The van der Waals surface area contributed by atoms with Crippen LogP contribution in [0.2, 0.25) is 0 Å². The van der Waals surface area contributed by atoms with Crippen molar-refractivity contribution < 1.29 is 27.0 Å². The fraction of sp³-hybridized carbons (Fsp3) is 0.750. The number of carbonyl (C=O) groups excluding carboxylic acids is 1. The van der Waals surface area contributed by atoms with Gasteiger partial charge in [0.1, 0.15) is 13.2 Å². The zero-order valence-electron chi connectivity index (χ0n) is 12.4. The van der Waals surface area contributed by atoms with Crippen molar-refractivity contribution in [1.29, 1.82) is 0 Å². The topological polar surface area (TPSA) is 83.5 Å². The number of hydrogen-bond acceptors (Lipinski definition) is 5. The Labute approximate surface area is 116 Å². The van der Waals surface area contributed by atoms with Crippen LogP contribution >= 0.6 is 0 Å². The maximum atomic E-state index is 11.0. The van der Waals surface area contributed by atoms with Gasteiger partial charge in [-0.15, -0.1) is 0 Å². The summed E-state index contributed by atoms with van der Waals surface area (Å²) < 4.78 is 34.2. The highest BCUT2D eigenvalue weighted by Gasteiger charge is 2.12. The molecule has 0 amide bonds. The van der Waals surface area contributed by atoms with Gasteiger partial charge in [0, 0.05) is 11.3 Å². The molecule has 0 aromatic heterocycles. The average molecular weight is 295 g/mol. The number of quaternary nitrogens is 1. The van der Waals surface area contributed by atoms with Gasteiger partial charge in [0.05, 0.1) is 30.8 Å². The molecule has 0 spiro atoms. The predicted octanol–water partition coefficient (Wildman–Crippen LogP) is 0.754. The van der Waals surface area contributed by atoms with Gasteiger partial charge >= 0.3 is 5.97 Å². The van der Waals surface area contributed by atoms with Crippen LogP contribution in [0.3, 0.4) is 0 Å². The molecule has 6 nitrogen and oxygen atoms in total. The lowest BCUT2D eigenvalue weighted by molar-refractivity contribution is -0.888. The fourth-order valence-electron chi connectivity index (χ4n) is 0.667. The molecule has 114 valence electrons. The van der Waals surface area contributed by atoms with Crippen molar-refractivity contribution in [1.82, 2.24) is 0 Å². The van der Waals surface area contributed by atoms with Crippen LogP contribution < -0.4 is 0 Å². The second-order valence-electron chi connectivity index (χ2n) is 4.74. The number of hydrogen-bond donors (Lipinski definition) is 0. The van der Waals surface area contributed by atoms with Crippen LogP contribution in [-0.4, -0.2) is 63.0 Å². The summed E-state index contributed by atoms with van der Waals surface area (Å²) in [7, 11) is 0.299. The van der Waals surface area contributed by atoms with Gasteiger partial charge in [-0.05, 0) is 13.8 Å². The van der Waals surface area contributed by atoms with E-state index in [0.29, 0.717) is 12.2 Å². The summed E-state index contributed by atoms with van der Waals surface area (Å²) in [4.78, 5) is 11.0. The minimum absolute atomic E-state index is 0.295. The molecule has 0 aliphatic heterocycles. The first kappa shape index (κ1) is 20.4. The van der Waals surface area contributed by atoms with Crippen molar-refractivity contribution in [3.63, 3.8) is 0 Å². The van der Waals surface area contributed by atoms with Crippen molar-refractivity contribution in [3.05, 3.63) is 12.2 Å². The number of rotatable bonds is 6. The smallest absolute Gasteiger partial charge is 0.333 e. The summed E-state index contributed by atoms with van der Waals surface area (Å²) in [5.74, 6) is -0.608. The number of esters is 1. The Kier molecular flexibility index (Phi) is 9.73. The summed E-state index contributed by atoms with van der Waals surface area (Å²) in [6.07, 6.45) is 0. The summed E-state index contributed by atoms with van der Waals surface area (Å²) >= 11 is 0. The van der Waals surface area contributed by atoms with Crippen molar-refractivity contribution in [2.75, 3.05) is 39.5 Å². The molecule has 0 aromatic carbocycles. The van der Waals surface area contributed by atoms with Gasteiger partial charge in [0.25, 0.3) is 0 Å². The summed E-state index contributed by atoms with van der Waals surface area (Å²) in [6, 6.07) is 0. The van der Waals surface area contributed by atoms with Crippen molar-refractivity contribution in [3.8, 4) is 0 Å². The van der Waals surface area contributed by atoms with Crippen LogP contribution in [0, 0.1) is 0 Å². The largest absolute Gasteiger partial charge is 0.748 e. The first-order valence-corrected chi connectivity index (χ1v) is 7.61. The van der Waals surface area contributed by atoms with Gasteiger partial charge in [-0.2, -0.15) is 0 Å². The van der Waals surface area contributed by atoms with Crippen LogP contribution in [0.1, 0.15) is 20.8 Å². The van der Waals surface area contributed by atoms with E-state index in [4.69, 9.17) is 4.74 Å². The van der Waals surface area contributed by atoms with Crippen LogP contribution in [0.25, 0.3) is 0 Å². The van der Waals surface area contributed by atoms with Crippen LogP contribution in [0.4, 0.5) is 0 Å². The van der Waals surface area contributed by atoms with E-state index in [1.165, 1.54) is 6.92 Å². The van der Waals surface area contributed by atoms with Gasteiger partial charge in [0.15, 0.2) is 0 Å². The van der Waals surface area contributed by atoms with Gasteiger partial charge in [0.2, 0.25) is 0 Å². The Balaban J connectivity index is 0. The van der Waals surface area contributed by atoms with E-state index in [0.717, 1.165) is 17.6 Å². The Morgan fingerprint density at radius 1 is 1.32 bits per heavy atom. The lowest BCUT2D eigenvalue weighted by Gasteiger charge is -2.27. The molecule has 0 saturated carbocycles. The molecule has 0 bridgehead atoms. The molecule has 19 heavy (non-hydrogen) atoms. The minimum Gasteiger partial charge on any atom is -0.748 e. The predicted molar refractivity (Wildman–Crippen MR) is 73.5 cm³/mol. The number of likely N-dealkylation sites (N-methyl/N-ethyl adjacent to an activating group) is 1. The lowest BCUT2D eigenvalue weighted by Crippen LogP contribution is -2.42. The molecule has 0 saturated heterocycles. The molecule has 0 radical (unpaired) electrons. The zero-order chi connectivity index (χ0) is 15.7. The molecule has 0 heterocycles. The van der Waals surface area contributed by atoms with Gasteiger partial charge in [-0.1, -0.05) is 13.5 Å². The maximum Gasteiger partial charge on any atom is 0.333 e. The van der Waals surface area contributed by atoms with E-state index in [1.807, 2.05) is 0 Å². The van der Waals surface area contributed by atoms with Crippen LogP contribution in [-0.2, 0) is 19.6 Å². The molecule has 0 N–H and O–H groups in total. The number of ether oxygens (including phenoxy) is 1. The zero-order valence-corrected chi connectivity index (χ0v) is 13.2. The average Bonchev–Trinajstić information content (AvgIpc) is 2.28. The second-order valence-corrected chi connectivity index (χ2v) is 6.43. The third-order valence-corrected chi connectivity index (χ3v) is 3.19. The summed E-state index contributed by atoms with van der Waals surface area (Å²) in [5.41, 5.74) is 0.460. The molecule has 7 heteroatoms. The van der Waals surface area contributed by atoms with E-state index in [2.05, 4.69) is 27.6 Å². The molecular formula is C12H25NO5S.